The molecule has 0 aromatic carbocycles. The van der Waals surface area contributed by atoms with Gasteiger partial charge < -0.3 is 0 Å². The summed E-state index contributed by atoms with van der Waals surface area (Å²) in [6.07, 6.45) is 1.69. The maximum Gasteiger partial charge on any atom is 0.242 e. The summed E-state index contributed by atoms with van der Waals surface area (Å²) in [5, 5.41) is 4.14. The number of hydrogen-bond donors (Lipinski definition) is 1. The van der Waals surface area contributed by atoms with E-state index < -0.39 is 10.0 Å². The molecule has 2 heterocycles. The second-order valence-electron chi connectivity index (χ2n) is 4.62. The zero-order chi connectivity index (χ0) is 15.1. The Kier molecular flexibility index (Phi) is 4.38. The molecule has 1 N–H and O–H groups in total. The third-order valence-electron chi connectivity index (χ3n) is 3.20. The predicted octanol–water partition coefficient (Wildman–Crippen LogP) is 2.90. The summed E-state index contributed by atoms with van der Waals surface area (Å²) < 4.78 is 30.1. The summed E-state index contributed by atoms with van der Waals surface area (Å²) in [5.41, 5.74) is 1.83. The number of nitrogens with zero attached hydrogens (tertiary/aromatic N) is 2. The second kappa shape index (κ2) is 5.59. The molecule has 0 aliphatic carbocycles. The van der Waals surface area contributed by atoms with Crippen LogP contribution in [0.3, 0.4) is 0 Å². The minimum Gasteiger partial charge on any atom is -0.273 e. The molecule has 0 saturated carbocycles. The average molecular weight is 378 g/mol. The largest absolute Gasteiger partial charge is 0.273 e. The molecule has 1 unspecified atom stereocenters. The van der Waals surface area contributed by atoms with Crippen LogP contribution in [-0.4, -0.2) is 18.2 Å². The van der Waals surface area contributed by atoms with Crippen LogP contribution in [0.15, 0.2) is 20.9 Å². The van der Waals surface area contributed by atoms with Gasteiger partial charge in [0.05, 0.1) is 14.9 Å². The smallest absolute Gasteiger partial charge is 0.242 e. The Balaban J connectivity index is 2.29. The summed E-state index contributed by atoms with van der Waals surface area (Å²) in [6.45, 7) is 5.53. The molecule has 2 rings (SSSR count). The maximum atomic E-state index is 12.4. The van der Waals surface area contributed by atoms with Crippen LogP contribution in [-0.2, 0) is 17.1 Å². The Morgan fingerprint density at radius 2 is 2.10 bits per heavy atom. The van der Waals surface area contributed by atoms with E-state index in [4.69, 9.17) is 0 Å². The van der Waals surface area contributed by atoms with Crippen LogP contribution in [0.2, 0.25) is 0 Å². The third-order valence-corrected chi connectivity index (χ3v) is 6.55. The fourth-order valence-corrected chi connectivity index (χ4v) is 5.64. The van der Waals surface area contributed by atoms with Crippen molar-refractivity contribution in [2.24, 2.45) is 7.05 Å². The lowest BCUT2D eigenvalue weighted by Gasteiger charge is -2.14. The van der Waals surface area contributed by atoms with E-state index in [2.05, 4.69) is 25.8 Å². The maximum absolute atomic E-state index is 12.4. The normalized spacial score (nSPS) is 13.7. The summed E-state index contributed by atoms with van der Waals surface area (Å²) >= 11 is 4.72. The fraction of sp³-hybridized carbons (Fsp3) is 0.417. The number of aromatic nitrogens is 2. The molecule has 0 bridgehead atoms. The molecule has 0 saturated heterocycles. The molecule has 110 valence electrons. The molecule has 5 nitrogen and oxygen atoms in total. The van der Waals surface area contributed by atoms with Crippen LogP contribution in [0.1, 0.15) is 29.1 Å². The van der Waals surface area contributed by atoms with Crippen LogP contribution in [0.4, 0.5) is 0 Å². The van der Waals surface area contributed by atoms with E-state index in [9.17, 15) is 8.42 Å². The van der Waals surface area contributed by atoms with Gasteiger partial charge in [-0.1, -0.05) is 0 Å². The average Bonchev–Trinajstić information content (AvgIpc) is 2.83. The zero-order valence-electron chi connectivity index (χ0n) is 11.6. The van der Waals surface area contributed by atoms with Crippen LogP contribution in [0.5, 0.6) is 0 Å². The van der Waals surface area contributed by atoms with Gasteiger partial charge in [-0.2, -0.15) is 5.10 Å². The highest BCUT2D eigenvalue weighted by Gasteiger charge is 2.23. The van der Waals surface area contributed by atoms with Crippen LogP contribution >= 0.6 is 27.3 Å². The Morgan fingerprint density at radius 3 is 2.55 bits per heavy atom. The molecule has 0 aliphatic heterocycles. The van der Waals surface area contributed by atoms with E-state index in [1.165, 1.54) is 11.3 Å². The van der Waals surface area contributed by atoms with Gasteiger partial charge in [0.25, 0.3) is 0 Å². The van der Waals surface area contributed by atoms with Gasteiger partial charge in [-0.25, -0.2) is 13.1 Å². The zero-order valence-corrected chi connectivity index (χ0v) is 14.9. The van der Waals surface area contributed by atoms with Gasteiger partial charge in [0.1, 0.15) is 0 Å². The summed E-state index contributed by atoms with van der Waals surface area (Å²) in [5.74, 6) is 0. The van der Waals surface area contributed by atoms with Crippen molar-refractivity contribution in [1.82, 2.24) is 14.5 Å². The number of nitrogens with one attached hydrogen (secondary N) is 1. The Morgan fingerprint density at radius 1 is 1.45 bits per heavy atom. The monoisotopic (exact) mass is 377 g/mol. The van der Waals surface area contributed by atoms with E-state index in [0.717, 1.165) is 19.9 Å². The molecule has 1 atom stereocenters. The van der Waals surface area contributed by atoms with Crippen molar-refractivity contribution in [3.8, 4) is 0 Å². The predicted molar refractivity (Wildman–Crippen MR) is 83.4 cm³/mol. The molecule has 0 spiro atoms. The van der Waals surface area contributed by atoms with E-state index in [1.807, 2.05) is 20.9 Å². The molecule has 2 aromatic heterocycles. The highest BCUT2D eigenvalue weighted by atomic mass is 79.9. The van der Waals surface area contributed by atoms with Crippen molar-refractivity contribution in [2.75, 3.05) is 0 Å². The molecule has 0 aliphatic rings. The molecule has 8 heteroatoms. The van der Waals surface area contributed by atoms with Crippen molar-refractivity contribution in [2.45, 2.75) is 31.7 Å². The molecule has 2 aromatic rings. The highest BCUT2D eigenvalue weighted by Crippen LogP contribution is 2.30. The van der Waals surface area contributed by atoms with Crippen molar-refractivity contribution in [3.05, 3.63) is 32.2 Å². The lowest BCUT2D eigenvalue weighted by Crippen LogP contribution is -2.27. The summed E-state index contributed by atoms with van der Waals surface area (Å²) in [7, 11) is -1.70. The Hall–Kier alpha value is -0.700. The van der Waals surface area contributed by atoms with Crippen LogP contribution < -0.4 is 4.72 Å². The minimum absolute atomic E-state index is 0.322. The van der Waals surface area contributed by atoms with Gasteiger partial charge in [-0.15, -0.1) is 11.3 Å². The lowest BCUT2D eigenvalue weighted by atomic mass is 10.1. The van der Waals surface area contributed by atoms with Crippen molar-refractivity contribution in [3.63, 3.8) is 0 Å². The third kappa shape index (κ3) is 2.98. The van der Waals surface area contributed by atoms with Gasteiger partial charge in [-0.05, 0) is 42.8 Å². The van der Waals surface area contributed by atoms with Crippen molar-refractivity contribution >= 4 is 37.3 Å². The van der Waals surface area contributed by atoms with E-state index in [1.54, 1.807) is 23.9 Å². The molecule has 0 amide bonds. The van der Waals surface area contributed by atoms with Gasteiger partial charge >= 0.3 is 0 Å². The number of sulfonamides is 1. The van der Waals surface area contributed by atoms with Gasteiger partial charge in [0.2, 0.25) is 10.0 Å². The molecule has 0 fully saturated rings. The van der Waals surface area contributed by atoms with Crippen LogP contribution in [0.25, 0.3) is 0 Å². The summed E-state index contributed by atoms with van der Waals surface area (Å²) in [6, 6.07) is 1.30. The number of thiophene rings is 1. The van der Waals surface area contributed by atoms with Crippen LogP contribution in [0, 0.1) is 13.8 Å². The Bertz CT molecular complexity index is 734. The molecule has 0 radical (unpaired) electrons. The first kappa shape index (κ1) is 15.7. The number of halogens is 1. The number of aryl methyl sites for hydroxylation is 2. The summed E-state index contributed by atoms with van der Waals surface area (Å²) in [4.78, 5) is 1.09. The second-order valence-corrected chi connectivity index (χ2v) is 8.94. The first-order valence-electron chi connectivity index (χ1n) is 5.99. The Labute approximate surface area is 131 Å². The fourth-order valence-electron chi connectivity index (χ4n) is 2.00. The molecule has 20 heavy (non-hydrogen) atoms. The topological polar surface area (TPSA) is 64.0 Å². The first-order chi connectivity index (χ1) is 9.22. The van der Waals surface area contributed by atoms with Gasteiger partial charge in [0.15, 0.2) is 0 Å². The van der Waals surface area contributed by atoms with E-state index in [-0.39, 0.29) is 6.04 Å². The highest BCUT2D eigenvalue weighted by molar-refractivity contribution is 9.11. The van der Waals surface area contributed by atoms with Gasteiger partial charge in [-0.3, -0.25) is 4.68 Å². The molecular formula is C12H16BrN3O2S2. The standard InChI is InChI=1S/C12H16BrN3O2S2/c1-7(10-6-14-16(4)8(10)2)15-20(17,18)11-5-12(13)19-9(11)3/h5-7,15H,1-4H3. The number of rotatable bonds is 4. The van der Waals surface area contributed by atoms with E-state index >= 15 is 0 Å². The minimum atomic E-state index is -3.53. The lowest BCUT2D eigenvalue weighted by molar-refractivity contribution is 0.566. The SMILES string of the molecule is Cc1sc(Br)cc1S(=O)(=O)NC(C)c1cnn(C)c1C. The molecular weight excluding hydrogens is 362 g/mol. The van der Waals surface area contributed by atoms with Crippen molar-refractivity contribution < 1.29 is 8.42 Å². The first-order valence-corrected chi connectivity index (χ1v) is 9.08. The van der Waals surface area contributed by atoms with E-state index in [0.29, 0.717) is 4.90 Å². The number of hydrogen-bond acceptors (Lipinski definition) is 4. The quantitative estimate of drug-likeness (QED) is 0.890. The van der Waals surface area contributed by atoms with Crippen molar-refractivity contribution in [1.29, 1.82) is 0 Å². The van der Waals surface area contributed by atoms with Gasteiger partial charge in [0, 0.05) is 29.2 Å².